The Labute approximate surface area is 159 Å². The zero-order valence-corrected chi connectivity index (χ0v) is 15.9. The van der Waals surface area contributed by atoms with Crippen molar-refractivity contribution in [1.82, 2.24) is 16.0 Å². The minimum Gasteiger partial charge on any atom is -0.459 e. The van der Waals surface area contributed by atoms with Gasteiger partial charge in [0.15, 0.2) is 11.7 Å². The van der Waals surface area contributed by atoms with Gasteiger partial charge in [-0.15, -0.1) is 0 Å². The molecule has 0 radical (unpaired) electrons. The van der Waals surface area contributed by atoms with E-state index >= 15 is 0 Å². The molecule has 2 rings (SSSR count). The minimum atomic E-state index is -0.182. The van der Waals surface area contributed by atoms with Gasteiger partial charge in [0.25, 0.3) is 5.91 Å². The lowest BCUT2D eigenvalue weighted by molar-refractivity contribution is 0.0925. The van der Waals surface area contributed by atoms with Crippen molar-refractivity contribution in [2.45, 2.75) is 19.8 Å². The number of aryl methyl sites for hydroxylation is 1. The van der Waals surface area contributed by atoms with Crippen molar-refractivity contribution in [3.8, 4) is 0 Å². The van der Waals surface area contributed by atoms with Gasteiger partial charge >= 0.3 is 0 Å². The molecule has 0 bridgehead atoms. The van der Waals surface area contributed by atoms with E-state index in [0.29, 0.717) is 18.8 Å². The number of furan rings is 1. The Balaban J connectivity index is 1.59. The molecule has 0 aliphatic rings. The molecule has 1 aromatic carbocycles. The molecule has 1 aromatic heterocycles. The van der Waals surface area contributed by atoms with E-state index in [2.05, 4.69) is 20.9 Å². The highest BCUT2D eigenvalue weighted by Crippen LogP contribution is 2.09. The number of nitrogens with zero attached hydrogens (tertiary/aromatic N) is 1. The van der Waals surface area contributed by atoms with Crippen LogP contribution in [-0.2, 0) is 6.42 Å². The summed E-state index contributed by atoms with van der Waals surface area (Å²) in [4.78, 5) is 16.1. The van der Waals surface area contributed by atoms with Crippen LogP contribution in [0.2, 0.25) is 5.02 Å². The van der Waals surface area contributed by atoms with Crippen LogP contribution in [0.3, 0.4) is 0 Å². The van der Waals surface area contributed by atoms with Crippen LogP contribution in [0.15, 0.2) is 46.0 Å². The van der Waals surface area contributed by atoms with Gasteiger partial charge in [0.05, 0.1) is 6.26 Å². The van der Waals surface area contributed by atoms with E-state index in [0.717, 1.165) is 35.9 Å². The molecule has 140 valence electrons. The molecule has 1 amide bonds. The molecule has 26 heavy (non-hydrogen) atoms. The lowest BCUT2D eigenvalue weighted by Gasteiger charge is -2.12. The van der Waals surface area contributed by atoms with E-state index in [4.69, 9.17) is 16.0 Å². The molecule has 0 aliphatic heterocycles. The van der Waals surface area contributed by atoms with Crippen LogP contribution < -0.4 is 16.0 Å². The molecule has 1 heterocycles. The fourth-order valence-corrected chi connectivity index (χ4v) is 2.51. The first kappa shape index (κ1) is 19.8. The van der Waals surface area contributed by atoms with Crippen molar-refractivity contribution in [2.75, 3.05) is 26.7 Å². The highest BCUT2D eigenvalue weighted by atomic mass is 35.5. The van der Waals surface area contributed by atoms with Gasteiger partial charge in [0.1, 0.15) is 0 Å². The first-order valence-corrected chi connectivity index (χ1v) is 8.99. The van der Waals surface area contributed by atoms with E-state index in [1.54, 1.807) is 13.1 Å². The number of nitrogens with one attached hydrogen (secondary N) is 3. The number of aliphatic imine (C=N–C) groups is 1. The lowest BCUT2D eigenvalue weighted by Crippen LogP contribution is -2.39. The average molecular weight is 377 g/mol. The average Bonchev–Trinajstić information content (AvgIpc) is 3.07. The van der Waals surface area contributed by atoms with Crippen LogP contribution in [0.4, 0.5) is 0 Å². The molecule has 0 fully saturated rings. The number of hydrogen-bond donors (Lipinski definition) is 3. The zero-order chi connectivity index (χ0) is 18.8. The van der Waals surface area contributed by atoms with Crippen molar-refractivity contribution in [3.05, 3.63) is 58.5 Å². The van der Waals surface area contributed by atoms with E-state index in [9.17, 15) is 4.79 Å². The lowest BCUT2D eigenvalue weighted by atomic mass is 10.1. The number of guanidine groups is 1. The zero-order valence-electron chi connectivity index (χ0n) is 15.1. The van der Waals surface area contributed by atoms with Gasteiger partial charge in [0, 0.05) is 37.3 Å². The number of carbonyl (C=O) groups is 1. The molecule has 0 unspecified atom stereocenters. The van der Waals surface area contributed by atoms with Crippen LogP contribution >= 0.6 is 11.6 Å². The molecule has 7 heteroatoms. The highest BCUT2D eigenvalue weighted by Gasteiger charge is 2.11. The van der Waals surface area contributed by atoms with Gasteiger partial charge in [-0.25, -0.2) is 0 Å². The van der Waals surface area contributed by atoms with Crippen molar-refractivity contribution in [3.63, 3.8) is 0 Å². The van der Waals surface area contributed by atoms with Gasteiger partial charge in [-0.05, 0) is 43.5 Å². The summed E-state index contributed by atoms with van der Waals surface area (Å²) in [7, 11) is 1.74. The van der Waals surface area contributed by atoms with Gasteiger partial charge in [-0.2, -0.15) is 0 Å². The molecule has 0 atom stereocenters. The van der Waals surface area contributed by atoms with E-state index in [-0.39, 0.29) is 5.91 Å². The van der Waals surface area contributed by atoms with Crippen molar-refractivity contribution < 1.29 is 9.21 Å². The molecule has 3 N–H and O–H groups in total. The molecule has 0 aliphatic carbocycles. The summed E-state index contributed by atoms with van der Waals surface area (Å²) in [6, 6.07) is 9.59. The maximum atomic E-state index is 11.9. The monoisotopic (exact) mass is 376 g/mol. The SMILES string of the molecule is CN=C(NCCCNC(=O)c1occc1C)NCCc1ccc(Cl)cc1. The third-order valence-corrected chi connectivity index (χ3v) is 4.09. The molecular weight excluding hydrogens is 352 g/mol. The molecule has 2 aromatic rings. The molecule has 0 saturated carbocycles. The summed E-state index contributed by atoms with van der Waals surface area (Å²) >= 11 is 5.88. The first-order chi connectivity index (χ1) is 12.6. The Bertz CT molecular complexity index is 725. The molecular formula is C19H25ClN4O2. The second-order valence-corrected chi connectivity index (χ2v) is 6.28. The Morgan fingerprint density at radius 2 is 1.77 bits per heavy atom. The van der Waals surface area contributed by atoms with Crippen molar-refractivity contribution in [1.29, 1.82) is 0 Å². The molecule has 0 spiro atoms. The standard InChI is InChI=1S/C19H25ClN4O2/c1-14-9-13-26-17(14)18(25)22-10-3-11-23-19(21-2)24-12-8-15-4-6-16(20)7-5-15/h4-7,9,13H,3,8,10-12H2,1-2H3,(H,22,25)(H2,21,23,24). The molecule has 0 saturated heterocycles. The van der Waals surface area contributed by atoms with E-state index in [1.807, 2.05) is 31.2 Å². The van der Waals surface area contributed by atoms with Gasteiger partial charge in [-0.1, -0.05) is 23.7 Å². The maximum absolute atomic E-state index is 11.9. The number of hydrogen-bond acceptors (Lipinski definition) is 3. The van der Waals surface area contributed by atoms with Crippen molar-refractivity contribution >= 4 is 23.5 Å². The van der Waals surface area contributed by atoms with E-state index in [1.165, 1.54) is 11.8 Å². The van der Waals surface area contributed by atoms with Gasteiger partial charge in [0.2, 0.25) is 0 Å². The number of halogens is 1. The summed E-state index contributed by atoms with van der Waals surface area (Å²) < 4.78 is 5.16. The normalized spacial score (nSPS) is 11.3. The van der Waals surface area contributed by atoms with Crippen molar-refractivity contribution in [2.24, 2.45) is 4.99 Å². The van der Waals surface area contributed by atoms with Gasteiger partial charge < -0.3 is 20.4 Å². The van der Waals surface area contributed by atoms with Crippen LogP contribution in [0.5, 0.6) is 0 Å². The van der Waals surface area contributed by atoms with Crippen LogP contribution in [0, 0.1) is 6.92 Å². The maximum Gasteiger partial charge on any atom is 0.287 e. The summed E-state index contributed by atoms with van der Waals surface area (Å²) in [6.07, 6.45) is 3.19. The third-order valence-electron chi connectivity index (χ3n) is 3.84. The summed E-state index contributed by atoms with van der Waals surface area (Å²) in [5.74, 6) is 0.933. The minimum absolute atomic E-state index is 0.182. The Hall–Kier alpha value is -2.47. The summed E-state index contributed by atoms with van der Waals surface area (Å²) in [6.45, 7) is 3.89. The predicted octanol–water partition coefficient (Wildman–Crippen LogP) is 2.77. The van der Waals surface area contributed by atoms with Gasteiger partial charge in [-0.3, -0.25) is 9.79 Å². The summed E-state index contributed by atoms with van der Waals surface area (Å²) in [5, 5.41) is 10.1. The van der Waals surface area contributed by atoms with E-state index < -0.39 is 0 Å². The largest absolute Gasteiger partial charge is 0.459 e. The number of rotatable bonds is 8. The van der Waals surface area contributed by atoms with Crippen LogP contribution in [0.1, 0.15) is 28.1 Å². The summed E-state index contributed by atoms with van der Waals surface area (Å²) in [5.41, 5.74) is 2.05. The first-order valence-electron chi connectivity index (χ1n) is 8.61. The molecule has 6 nitrogen and oxygen atoms in total. The Morgan fingerprint density at radius 1 is 1.08 bits per heavy atom. The fourth-order valence-electron chi connectivity index (χ4n) is 2.38. The number of carbonyl (C=O) groups excluding carboxylic acids is 1. The third kappa shape index (κ3) is 6.44. The highest BCUT2D eigenvalue weighted by molar-refractivity contribution is 6.30. The second kappa shape index (κ2) is 10.5. The smallest absolute Gasteiger partial charge is 0.287 e. The predicted molar refractivity (Wildman–Crippen MR) is 105 cm³/mol. The fraction of sp³-hybridized carbons (Fsp3) is 0.368. The van der Waals surface area contributed by atoms with Crippen LogP contribution in [-0.4, -0.2) is 38.5 Å². The number of amides is 1. The topological polar surface area (TPSA) is 78.7 Å². The Kier molecular flexibility index (Phi) is 8.02. The quantitative estimate of drug-likeness (QED) is 0.376. The Morgan fingerprint density at radius 3 is 2.42 bits per heavy atom. The second-order valence-electron chi connectivity index (χ2n) is 5.84. The van der Waals surface area contributed by atoms with Crippen LogP contribution in [0.25, 0.3) is 0 Å². The number of benzene rings is 1.